The molecule has 1 aromatic carbocycles. The molecule has 88 valence electrons. The molecule has 0 aromatic heterocycles. The van der Waals surface area contributed by atoms with Crippen molar-refractivity contribution in [2.24, 2.45) is 5.92 Å². The average Bonchev–Trinajstić information content (AvgIpc) is 2.21. The summed E-state index contributed by atoms with van der Waals surface area (Å²) in [4.78, 5) is 10.8. The van der Waals surface area contributed by atoms with Crippen LogP contribution in [0.4, 0.5) is 0 Å². The van der Waals surface area contributed by atoms with Crippen LogP contribution in [-0.2, 0) is 17.6 Å². The maximum atomic E-state index is 10.8. The van der Waals surface area contributed by atoms with Crippen LogP contribution in [0.15, 0.2) is 12.1 Å². The quantitative estimate of drug-likeness (QED) is 0.823. The molecule has 0 bridgehead atoms. The number of hydrogen-bond acceptors (Lipinski definition) is 2. The van der Waals surface area contributed by atoms with Gasteiger partial charge < -0.3 is 10.2 Å². The van der Waals surface area contributed by atoms with E-state index < -0.39 is 11.9 Å². The molecule has 0 fully saturated rings. The van der Waals surface area contributed by atoms with E-state index in [9.17, 15) is 9.90 Å². The van der Waals surface area contributed by atoms with Crippen molar-refractivity contribution in [2.75, 3.05) is 0 Å². The minimum atomic E-state index is -0.787. The molecule has 0 saturated carbocycles. The van der Waals surface area contributed by atoms with Gasteiger partial charge in [0.1, 0.15) is 5.75 Å². The maximum Gasteiger partial charge on any atom is 0.306 e. The van der Waals surface area contributed by atoms with Crippen LogP contribution in [0.3, 0.4) is 0 Å². The molecule has 1 rings (SSSR count). The van der Waals surface area contributed by atoms with Crippen LogP contribution in [0.1, 0.15) is 30.5 Å². The molecule has 2 N–H and O–H groups in total. The second-order valence-electron chi connectivity index (χ2n) is 4.20. The van der Waals surface area contributed by atoms with Crippen molar-refractivity contribution in [3.8, 4) is 5.75 Å². The lowest BCUT2D eigenvalue weighted by atomic mass is 9.94. The highest BCUT2D eigenvalue weighted by Gasteiger charge is 2.14. The number of carboxylic acid groups (broad SMARTS) is 1. The van der Waals surface area contributed by atoms with Crippen molar-refractivity contribution in [1.29, 1.82) is 0 Å². The lowest BCUT2D eigenvalue weighted by Crippen LogP contribution is -2.13. The van der Waals surface area contributed by atoms with E-state index in [-0.39, 0.29) is 0 Å². The second-order valence-corrected chi connectivity index (χ2v) is 4.20. The van der Waals surface area contributed by atoms with Crippen LogP contribution in [0.2, 0.25) is 0 Å². The predicted octanol–water partition coefficient (Wildman–Crippen LogP) is 2.53. The number of rotatable bonds is 4. The van der Waals surface area contributed by atoms with Crippen molar-refractivity contribution in [3.63, 3.8) is 0 Å². The van der Waals surface area contributed by atoms with Crippen LogP contribution in [-0.4, -0.2) is 16.2 Å². The van der Waals surface area contributed by atoms with E-state index in [1.54, 1.807) is 13.0 Å². The normalized spacial score (nSPS) is 12.4. The molecule has 1 aromatic rings. The summed E-state index contributed by atoms with van der Waals surface area (Å²) in [5, 5.41) is 18.5. The largest absolute Gasteiger partial charge is 0.508 e. The van der Waals surface area contributed by atoms with Gasteiger partial charge in [0.25, 0.3) is 0 Å². The van der Waals surface area contributed by atoms with Crippen LogP contribution < -0.4 is 0 Å². The van der Waals surface area contributed by atoms with Crippen molar-refractivity contribution in [3.05, 3.63) is 28.8 Å². The maximum absolute atomic E-state index is 10.8. The fourth-order valence-electron chi connectivity index (χ4n) is 1.71. The molecule has 0 radical (unpaired) electrons. The number of carbonyl (C=O) groups is 1. The monoisotopic (exact) mass is 222 g/mol. The van der Waals surface area contributed by atoms with Gasteiger partial charge >= 0.3 is 5.97 Å². The van der Waals surface area contributed by atoms with E-state index >= 15 is 0 Å². The molecule has 0 saturated heterocycles. The Kier molecular flexibility index (Phi) is 3.93. The van der Waals surface area contributed by atoms with Gasteiger partial charge in [-0.3, -0.25) is 4.79 Å². The minimum absolute atomic E-state index is 0.298. The Balaban J connectivity index is 3.00. The highest BCUT2D eigenvalue weighted by molar-refractivity contribution is 5.70. The number of carboxylic acids is 1. The summed E-state index contributed by atoms with van der Waals surface area (Å²) in [6, 6.07) is 3.62. The van der Waals surface area contributed by atoms with Gasteiger partial charge in [-0.15, -0.1) is 0 Å². The van der Waals surface area contributed by atoms with Gasteiger partial charge in [-0.25, -0.2) is 0 Å². The van der Waals surface area contributed by atoms with E-state index in [1.165, 1.54) is 0 Å². The summed E-state index contributed by atoms with van der Waals surface area (Å²) < 4.78 is 0. The van der Waals surface area contributed by atoms with Crippen LogP contribution >= 0.6 is 0 Å². The summed E-state index contributed by atoms with van der Waals surface area (Å²) in [5.74, 6) is -0.884. The first-order valence-corrected chi connectivity index (χ1v) is 5.49. The molecule has 1 unspecified atom stereocenters. The molecule has 0 amide bonds. The van der Waals surface area contributed by atoms with E-state index in [4.69, 9.17) is 5.11 Å². The molecule has 0 spiro atoms. The topological polar surface area (TPSA) is 57.5 Å². The molecule has 0 aliphatic carbocycles. The molecular weight excluding hydrogens is 204 g/mol. The number of phenolic OH excluding ortho intramolecular Hbond substituents is 1. The van der Waals surface area contributed by atoms with Crippen LogP contribution in [0.25, 0.3) is 0 Å². The Labute approximate surface area is 95.7 Å². The van der Waals surface area contributed by atoms with Gasteiger partial charge in [0, 0.05) is 0 Å². The zero-order valence-electron chi connectivity index (χ0n) is 9.95. The van der Waals surface area contributed by atoms with Gasteiger partial charge in [-0.2, -0.15) is 0 Å². The number of aromatic hydroxyl groups is 1. The average molecular weight is 222 g/mol. The molecule has 3 nitrogen and oxygen atoms in total. The number of aliphatic carboxylic acids is 1. The molecule has 0 heterocycles. The van der Waals surface area contributed by atoms with E-state index in [0.717, 1.165) is 23.1 Å². The van der Waals surface area contributed by atoms with Gasteiger partial charge in [0.05, 0.1) is 5.92 Å². The molecule has 16 heavy (non-hydrogen) atoms. The molecule has 1 atom stereocenters. The van der Waals surface area contributed by atoms with Gasteiger partial charge in [0.15, 0.2) is 0 Å². The highest BCUT2D eigenvalue weighted by atomic mass is 16.4. The zero-order chi connectivity index (χ0) is 12.3. The smallest absolute Gasteiger partial charge is 0.306 e. The summed E-state index contributed by atoms with van der Waals surface area (Å²) in [6.45, 7) is 5.55. The summed E-state index contributed by atoms with van der Waals surface area (Å²) in [6.07, 6.45) is 1.26. The third-order valence-electron chi connectivity index (χ3n) is 2.87. The highest BCUT2D eigenvalue weighted by Crippen LogP contribution is 2.24. The first-order valence-electron chi connectivity index (χ1n) is 5.49. The van der Waals surface area contributed by atoms with Crippen molar-refractivity contribution >= 4 is 5.97 Å². The Morgan fingerprint density at radius 3 is 2.50 bits per heavy atom. The molecular formula is C13H18O3. The lowest BCUT2D eigenvalue weighted by molar-refractivity contribution is -0.141. The van der Waals surface area contributed by atoms with Gasteiger partial charge in [-0.1, -0.05) is 19.9 Å². The SMILES string of the molecule is CCc1cc(CC(C)C(=O)O)c(C)cc1O. The summed E-state index contributed by atoms with van der Waals surface area (Å²) in [7, 11) is 0. The Morgan fingerprint density at radius 1 is 1.38 bits per heavy atom. The van der Waals surface area contributed by atoms with Gasteiger partial charge in [-0.05, 0) is 42.5 Å². The van der Waals surface area contributed by atoms with Crippen LogP contribution in [0, 0.1) is 12.8 Å². The fraction of sp³-hybridized carbons (Fsp3) is 0.462. The number of aryl methyl sites for hydroxylation is 2. The first-order chi connectivity index (χ1) is 7.45. The Bertz CT molecular complexity index is 396. The van der Waals surface area contributed by atoms with Crippen molar-refractivity contribution in [1.82, 2.24) is 0 Å². The van der Waals surface area contributed by atoms with E-state index in [1.807, 2.05) is 19.9 Å². The molecule has 0 aliphatic heterocycles. The van der Waals surface area contributed by atoms with Gasteiger partial charge in [0.2, 0.25) is 0 Å². The van der Waals surface area contributed by atoms with E-state index in [0.29, 0.717) is 12.2 Å². The predicted molar refractivity (Wildman–Crippen MR) is 62.7 cm³/mol. The number of phenols is 1. The number of hydrogen-bond donors (Lipinski definition) is 2. The van der Waals surface area contributed by atoms with Crippen molar-refractivity contribution < 1.29 is 15.0 Å². The standard InChI is InChI=1S/C13H18O3/c1-4-10-7-11(5-9(3)13(15)16)8(2)6-12(10)14/h6-7,9,14H,4-5H2,1-3H3,(H,15,16). The first kappa shape index (κ1) is 12.6. The minimum Gasteiger partial charge on any atom is -0.508 e. The zero-order valence-corrected chi connectivity index (χ0v) is 9.95. The number of benzene rings is 1. The lowest BCUT2D eigenvalue weighted by Gasteiger charge is -2.12. The molecule has 3 heteroatoms. The molecule has 0 aliphatic rings. The van der Waals surface area contributed by atoms with Crippen molar-refractivity contribution in [2.45, 2.75) is 33.6 Å². The summed E-state index contributed by atoms with van der Waals surface area (Å²) >= 11 is 0. The second kappa shape index (κ2) is 5.01. The third-order valence-corrected chi connectivity index (χ3v) is 2.87. The fourth-order valence-corrected chi connectivity index (χ4v) is 1.71. The van der Waals surface area contributed by atoms with Crippen LogP contribution in [0.5, 0.6) is 5.75 Å². The Hall–Kier alpha value is -1.51. The third kappa shape index (κ3) is 2.75. The summed E-state index contributed by atoms with van der Waals surface area (Å²) in [5.41, 5.74) is 2.82. The Morgan fingerprint density at radius 2 is 2.00 bits per heavy atom. The van der Waals surface area contributed by atoms with E-state index in [2.05, 4.69) is 0 Å².